The first kappa shape index (κ1) is 12.6. The fraction of sp³-hybridized carbons (Fsp3) is 0.231. The lowest BCUT2D eigenvalue weighted by atomic mass is 10.3. The van der Waals surface area contributed by atoms with Crippen LogP contribution in [0, 0.1) is 0 Å². The Morgan fingerprint density at radius 3 is 2.56 bits per heavy atom. The van der Waals surface area contributed by atoms with E-state index in [0.717, 1.165) is 5.69 Å². The van der Waals surface area contributed by atoms with Crippen molar-refractivity contribution in [1.82, 2.24) is 9.97 Å². The minimum atomic E-state index is 0.0422. The van der Waals surface area contributed by atoms with E-state index < -0.39 is 0 Å². The van der Waals surface area contributed by atoms with Crippen LogP contribution in [0.5, 0.6) is 5.88 Å². The summed E-state index contributed by atoms with van der Waals surface area (Å²) in [6.45, 7) is 3.86. The van der Waals surface area contributed by atoms with E-state index in [0.29, 0.717) is 17.0 Å². The number of hydrogen-bond acceptors (Lipinski definition) is 4. The third kappa shape index (κ3) is 3.60. The van der Waals surface area contributed by atoms with Crippen LogP contribution in [-0.2, 0) is 0 Å². The molecule has 0 spiro atoms. The highest BCUT2D eigenvalue weighted by atomic mass is 35.5. The van der Waals surface area contributed by atoms with Crippen LogP contribution in [0.4, 0.5) is 11.6 Å². The molecule has 0 aliphatic carbocycles. The predicted molar refractivity (Wildman–Crippen MR) is 72.5 cm³/mol. The van der Waals surface area contributed by atoms with Crippen LogP contribution in [0.15, 0.2) is 36.4 Å². The molecule has 2 aromatic rings. The third-order valence-electron chi connectivity index (χ3n) is 2.06. The number of hydrogen-bond donors (Lipinski definition) is 1. The first-order chi connectivity index (χ1) is 8.63. The van der Waals surface area contributed by atoms with Gasteiger partial charge >= 0.3 is 0 Å². The average Bonchev–Trinajstić information content (AvgIpc) is 2.28. The van der Waals surface area contributed by atoms with E-state index in [1.807, 2.05) is 44.2 Å². The lowest BCUT2D eigenvalue weighted by Gasteiger charge is -2.10. The number of nitrogens with zero attached hydrogens (tertiary/aromatic N) is 2. The summed E-state index contributed by atoms with van der Waals surface area (Å²) in [6.07, 6.45) is 0.0422. The Morgan fingerprint density at radius 1 is 1.17 bits per heavy atom. The molecule has 0 aliphatic rings. The Morgan fingerprint density at radius 2 is 1.89 bits per heavy atom. The Labute approximate surface area is 111 Å². The zero-order valence-electron chi connectivity index (χ0n) is 10.2. The molecule has 18 heavy (non-hydrogen) atoms. The zero-order chi connectivity index (χ0) is 13.0. The quantitative estimate of drug-likeness (QED) is 0.855. The van der Waals surface area contributed by atoms with Gasteiger partial charge in [0.25, 0.3) is 0 Å². The SMILES string of the molecule is CC(C)Oc1cc(Cl)nc(Nc2ccccc2)n1. The molecule has 1 aromatic carbocycles. The molecule has 0 unspecified atom stereocenters. The van der Waals surface area contributed by atoms with E-state index in [2.05, 4.69) is 15.3 Å². The van der Waals surface area contributed by atoms with Crippen LogP contribution in [-0.4, -0.2) is 16.1 Å². The number of rotatable bonds is 4. The Balaban J connectivity index is 2.20. The largest absolute Gasteiger partial charge is 0.475 e. The molecular formula is C13H14ClN3O. The molecule has 1 N–H and O–H groups in total. The van der Waals surface area contributed by atoms with Gasteiger partial charge in [-0.15, -0.1) is 0 Å². The molecule has 0 atom stereocenters. The first-order valence-corrected chi connectivity index (χ1v) is 6.04. The highest BCUT2D eigenvalue weighted by Gasteiger charge is 2.06. The van der Waals surface area contributed by atoms with Gasteiger partial charge in [-0.2, -0.15) is 4.98 Å². The molecule has 0 saturated carbocycles. The number of aromatic nitrogens is 2. The van der Waals surface area contributed by atoms with E-state index in [1.54, 1.807) is 6.07 Å². The second kappa shape index (κ2) is 5.69. The molecule has 0 aliphatic heterocycles. The number of benzene rings is 1. The molecule has 0 fully saturated rings. The monoisotopic (exact) mass is 263 g/mol. The second-order valence-corrected chi connectivity index (χ2v) is 4.40. The summed E-state index contributed by atoms with van der Waals surface area (Å²) >= 11 is 5.93. The van der Waals surface area contributed by atoms with Crippen molar-refractivity contribution < 1.29 is 4.74 Å². The molecule has 1 heterocycles. The highest BCUT2D eigenvalue weighted by molar-refractivity contribution is 6.29. The van der Waals surface area contributed by atoms with Gasteiger partial charge < -0.3 is 10.1 Å². The van der Waals surface area contributed by atoms with Gasteiger partial charge in [0.1, 0.15) is 5.15 Å². The second-order valence-electron chi connectivity index (χ2n) is 4.01. The van der Waals surface area contributed by atoms with Crippen molar-refractivity contribution >= 4 is 23.2 Å². The van der Waals surface area contributed by atoms with Gasteiger partial charge in [0.15, 0.2) is 0 Å². The minimum absolute atomic E-state index is 0.0422. The fourth-order valence-electron chi connectivity index (χ4n) is 1.41. The van der Waals surface area contributed by atoms with Crippen LogP contribution < -0.4 is 10.1 Å². The van der Waals surface area contributed by atoms with Crippen LogP contribution >= 0.6 is 11.6 Å². The van der Waals surface area contributed by atoms with Crippen LogP contribution in [0.1, 0.15) is 13.8 Å². The van der Waals surface area contributed by atoms with E-state index in [-0.39, 0.29) is 6.10 Å². The van der Waals surface area contributed by atoms with Gasteiger partial charge in [-0.05, 0) is 26.0 Å². The summed E-state index contributed by atoms with van der Waals surface area (Å²) < 4.78 is 5.50. The summed E-state index contributed by atoms with van der Waals surface area (Å²) in [5.41, 5.74) is 0.898. The predicted octanol–water partition coefficient (Wildman–Crippen LogP) is 3.66. The maximum absolute atomic E-state index is 5.93. The van der Waals surface area contributed by atoms with E-state index in [9.17, 15) is 0 Å². The zero-order valence-corrected chi connectivity index (χ0v) is 11.0. The lowest BCUT2D eigenvalue weighted by Crippen LogP contribution is -2.08. The summed E-state index contributed by atoms with van der Waals surface area (Å²) in [4.78, 5) is 8.34. The van der Waals surface area contributed by atoms with Crippen molar-refractivity contribution in [3.8, 4) is 5.88 Å². The first-order valence-electron chi connectivity index (χ1n) is 5.67. The molecule has 4 nitrogen and oxygen atoms in total. The number of anilines is 2. The lowest BCUT2D eigenvalue weighted by molar-refractivity contribution is 0.232. The standard InChI is InChI=1S/C13H14ClN3O/c1-9(2)18-12-8-11(14)16-13(17-12)15-10-6-4-3-5-7-10/h3-9H,1-2H3,(H,15,16,17). The molecule has 0 radical (unpaired) electrons. The van der Waals surface area contributed by atoms with Gasteiger partial charge in [-0.25, -0.2) is 4.98 Å². The van der Waals surface area contributed by atoms with E-state index in [1.165, 1.54) is 0 Å². The fourth-order valence-corrected chi connectivity index (χ4v) is 1.58. The van der Waals surface area contributed by atoms with Crippen molar-refractivity contribution in [2.24, 2.45) is 0 Å². The van der Waals surface area contributed by atoms with E-state index >= 15 is 0 Å². The summed E-state index contributed by atoms with van der Waals surface area (Å²) in [5, 5.41) is 3.42. The minimum Gasteiger partial charge on any atom is -0.475 e. The number of halogens is 1. The maximum atomic E-state index is 5.93. The summed E-state index contributed by atoms with van der Waals surface area (Å²) in [6, 6.07) is 11.2. The normalized spacial score (nSPS) is 10.4. The Hall–Kier alpha value is -1.81. The smallest absolute Gasteiger partial charge is 0.231 e. The van der Waals surface area contributed by atoms with Crippen molar-refractivity contribution in [2.75, 3.05) is 5.32 Å². The number of para-hydroxylation sites is 1. The number of nitrogens with one attached hydrogen (secondary N) is 1. The van der Waals surface area contributed by atoms with Crippen molar-refractivity contribution in [2.45, 2.75) is 20.0 Å². The van der Waals surface area contributed by atoms with Gasteiger partial charge in [0, 0.05) is 11.8 Å². The maximum Gasteiger partial charge on any atom is 0.231 e. The Kier molecular flexibility index (Phi) is 3.99. The van der Waals surface area contributed by atoms with Crippen molar-refractivity contribution in [1.29, 1.82) is 0 Å². The van der Waals surface area contributed by atoms with Crippen LogP contribution in [0.3, 0.4) is 0 Å². The molecule has 5 heteroatoms. The molecule has 2 rings (SSSR count). The van der Waals surface area contributed by atoms with Crippen molar-refractivity contribution in [3.05, 3.63) is 41.6 Å². The Bertz CT molecular complexity index is 517. The summed E-state index contributed by atoms with van der Waals surface area (Å²) in [7, 11) is 0. The average molecular weight is 264 g/mol. The van der Waals surface area contributed by atoms with Crippen molar-refractivity contribution in [3.63, 3.8) is 0 Å². The highest BCUT2D eigenvalue weighted by Crippen LogP contribution is 2.20. The van der Waals surface area contributed by atoms with Gasteiger partial charge in [-0.1, -0.05) is 29.8 Å². The summed E-state index contributed by atoms with van der Waals surface area (Å²) in [5.74, 6) is 0.882. The van der Waals surface area contributed by atoms with Crippen LogP contribution in [0.2, 0.25) is 5.15 Å². The molecule has 1 aromatic heterocycles. The molecule has 0 saturated heterocycles. The molecule has 0 bridgehead atoms. The van der Waals surface area contributed by atoms with Gasteiger partial charge in [0.05, 0.1) is 6.10 Å². The third-order valence-corrected chi connectivity index (χ3v) is 2.25. The van der Waals surface area contributed by atoms with Crippen LogP contribution in [0.25, 0.3) is 0 Å². The topological polar surface area (TPSA) is 47.0 Å². The van der Waals surface area contributed by atoms with E-state index in [4.69, 9.17) is 16.3 Å². The molecule has 94 valence electrons. The van der Waals surface area contributed by atoms with Gasteiger partial charge in [-0.3, -0.25) is 0 Å². The molecular weight excluding hydrogens is 250 g/mol. The number of ether oxygens (including phenoxy) is 1. The van der Waals surface area contributed by atoms with Gasteiger partial charge in [0.2, 0.25) is 11.8 Å². The molecule has 0 amide bonds.